The van der Waals surface area contributed by atoms with Gasteiger partial charge < -0.3 is 15.0 Å². The molecule has 2 aromatic carbocycles. The van der Waals surface area contributed by atoms with Crippen molar-refractivity contribution in [2.45, 2.75) is 45.3 Å². The highest BCUT2D eigenvalue weighted by atomic mass is 19.1. The van der Waals surface area contributed by atoms with Crippen molar-refractivity contribution in [2.75, 3.05) is 18.4 Å². The Kier molecular flexibility index (Phi) is 5.82. The number of nitrogens with one attached hydrogen (secondary N) is 1. The van der Waals surface area contributed by atoms with Crippen LogP contribution in [0.25, 0.3) is 10.8 Å². The van der Waals surface area contributed by atoms with E-state index in [-0.39, 0.29) is 23.6 Å². The van der Waals surface area contributed by atoms with Gasteiger partial charge in [0.2, 0.25) is 0 Å². The first kappa shape index (κ1) is 21.7. The molecule has 1 aliphatic heterocycles. The lowest BCUT2D eigenvalue weighted by Crippen LogP contribution is -2.42. The molecule has 2 heterocycles. The van der Waals surface area contributed by atoms with Crippen molar-refractivity contribution < 1.29 is 18.7 Å². The second-order valence-corrected chi connectivity index (χ2v) is 8.91. The molecule has 0 atom stereocenters. The first-order chi connectivity index (χ1) is 15.2. The number of piperidine rings is 1. The predicted molar refractivity (Wildman–Crippen MR) is 118 cm³/mol. The Labute approximate surface area is 185 Å². The molecule has 0 spiro atoms. The van der Waals surface area contributed by atoms with Gasteiger partial charge in [0, 0.05) is 24.2 Å². The predicted octanol–water partition coefficient (Wildman–Crippen LogP) is 4.39. The molecular formula is C23H26FN5O3. The van der Waals surface area contributed by atoms with Crippen molar-refractivity contribution in [3.05, 3.63) is 54.1 Å². The molecule has 3 aromatic rings. The molecule has 9 heteroatoms. The zero-order valence-electron chi connectivity index (χ0n) is 18.3. The van der Waals surface area contributed by atoms with E-state index in [4.69, 9.17) is 4.74 Å². The minimum atomic E-state index is -0.530. The minimum absolute atomic E-state index is 0.0365. The summed E-state index contributed by atoms with van der Waals surface area (Å²) in [5, 5.41) is 12.4. The quantitative estimate of drug-likeness (QED) is 0.654. The molecule has 0 aliphatic carbocycles. The van der Waals surface area contributed by atoms with Gasteiger partial charge in [0.15, 0.2) is 5.69 Å². The smallest absolute Gasteiger partial charge is 0.410 e. The fraction of sp³-hybridized carbons (Fsp3) is 0.391. The summed E-state index contributed by atoms with van der Waals surface area (Å²) in [4.78, 5) is 26.6. The van der Waals surface area contributed by atoms with Crippen molar-refractivity contribution in [2.24, 2.45) is 0 Å². The molecule has 1 fully saturated rings. The van der Waals surface area contributed by atoms with Crippen LogP contribution in [0.4, 0.5) is 14.9 Å². The van der Waals surface area contributed by atoms with Crippen LogP contribution in [0.5, 0.6) is 0 Å². The van der Waals surface area contributed by atoms with E-state index in [1.807, 2.05) is 26.8 Å². The van der Waals surface area contributed by atoms with Crippen molar-refractivity contribution in [1.29, 1.82) is 0 Å². The number of ether oxygens (including phenoxy) is 1. The van der Waals surface area contributed by atoms with Gasteiger partial charge in [-0.2, -0.15) is 0 Å². The van der Waals surface area contributed by atoms with E-state index in [2.05, 4.69) is 15.6 Å². The first-order valence-electron chi connectivity index (χ1n) is 10.6. The third-order valence-electron chi connectivity index (χ3n) is 5.33. The van der Waals surface area contributed by atoms with Gasteiger partial charge in [0.05, 0.1) is 12.2 Å². The molecule has 1 aliphatic rings. The van der Waals surface area contributed by atoms with Crippen LogP contribution >= 0.6 is 0 Å². The van der Waals surface area contributed by atoms with Gasteiger partial charge in [-0.05, 0) is 57.2 Å². The van der Waals surface area contributed by atoms with Crippen LogP contribution in [0.1, 0.15) is 50.1 Å². The van der Waals surface area contributed by atoms with Crippen LogP contribution in [0.15, 0.2) is 42.6 Å². The molecule has 0 bridgehead atoms. The molecular weight excluding hydrogens is 413 g/mol. The highest BCUT2D eigenvalue weighted by Crippen LogP contribution is 2.26. The number of hydrogen-bond acceptors (Lipinski definition) is 5. The average Bonchev–Trinajstić information content (AvgIpc) is 3.23. The molecule has 32 heavy (non-hydrogen) atoms. The monoisotopic (exact) mass is 439 g/mol. The van der Waals surface area contributed by atoms with Crippen molar-refractivity contribution >= 4 is 28.5 Å². The molecule has 1 aromatic heterocycles. The Morgan fingerprint density at radius 1 is 1.16 bits per heavy atom. The molecule has 0 radical (unpaired) electrons. The van der Waals surface area contributed by atoms with Crippen LogP contribution in [-0.4, -0.2) is 50.6 Å². The zero-order chi connectivity index (χ0) is 22.9. The zero-order valence-corrected chi connectivity index (χ0v) is 18.3. The number of anilines is 1. The van der Waals surface area contributed by atoms with Gasteiger partial charge in [0.1, 0.15) is 11.4 Å². The van der Waals surface area contributed by atoms with Crippen LogP contribution in [0.2, 0.25) is 0 Å². The van der Waals surface area contributed by atoms with E-state index in [0.29, 0.717) is 37.0 Å². The normalized spacial score (nSPS) is 15.1. The van der Waals surface area contributed by atoms with Crippen molar-refractivity contribution in [3.8, 4) is 0 Å². The SMILES string of the molecule is CC(C)(C)OC(=O)N1CCC(n2cc(C(=O)Nc3cccc4ccc(F)cc34)nn2)CC1. The maximum Gasteiger partial charge on any atom is 0.410 e. The minimum Gasteiger partial charge on any atom is -0.444 e. The number of halogens is 1. The maximum atomic E-state index is 13.7. The number of carbonyl (C=O) groups excluding carboxylic acids is 2. The van der Waals surface area contributed by atoms with E-state index in [1.54, 1.807) is 34.0 Å². The molecule has 168 valence electrons. The standard InChI is InChI=1S/C23H26FN5O3/c1-23(2,3)32-22(31)28-11-9-17(10-12-28)29-14-20(26-27-29)21(30)25-19-6-4-5-15-7-8-16(24)13-18(15)19/h4-8,13-14,17H,9-12H2,1-3H3,(H,25,30). The fourth-order valence-corrected chi connectivity index (χ4v) is 3.74. The Balaban J connectivity index is 1.40. The number of fused-ring (bicyclic) bond motifs is 1. The highest BCUT2D eigenvalue weighted by molar-refractivity contribution is 6.08. The summed E-state index contributed by atoms with van der Waals surface area (Å²) in [6.07, 6.45) is 2.66. The lowest BCUT2D eigenvalue weighted by atomic mass is 10.1. The Hall–Kier alpha value is -3.49. The van der Waals surface area contributed by atoms with E-state index in [9.17, 15) is 14.0 Å². The molecule has 1 N–H and O–H groups in total. The number of aromatic nitrogens is 3. The summed E-state index contributed by atoms with van der Waals surface area (Å²) < 4.78 is 20.8. The lowest BCUT2D eigenvalue weighted by molar-refractivity contribution is 0.0184. The number of benzene rings is 2. The Bertz CT molecular complexity index is 1150. The summed E-state index contributed by atoms with van der Waals surface area (Å²) in [6, 6.07) is 9.84. The molecule has 2 amide bonds. The third kappa shape index (κ3) is 4.87. The number of amides is 2. The van der Waals surface area contributed by atoms with Gasteiger partial charge in [-0.3, -0.25) is 4.79 Å². The van der Waals surface area contributed by atoms with E-state index < -0.39 is 11.5 Å². The lowest BCUT2D eigenvalue weighted by Gasteiger charge is -2.33. The number of nitrogens with zero attached hydrogens (tertiary/aromatic N) is 4. The summed E-state index contributed by atoms with van der Waals surface area (Å²) in [5.41, 5.74) is 0.151. The van der Waals surface area contributed by atoms with Gasteiger partial charge in [-0.1, -0.05) is 23.4 Å². The number of rotatable bonds is 3. The molecule has 8 nitrogen and oxygen atoms in total. The van der Waals surface area contributed by atoms with Crippen LogP contribution in [0, 0.1) is 5.82 Å². The Morgan fingerprint density at radius 3 is 2.62 bits per heavy atom. The van der Waals surface area contributed by atoms with Crippen molar-refractivity contribution in [3.63, 3.8) is 0 Å². The van der Waals surface area contributed by atoms with E-state index in [0.717, 1.165) is 5.39 Å². The molecule has 0 unspecified atom stereocenters. The maximum absolute atomic E-state index is 13.7. The number of likely N-dealkylation sites (tertiary alicyclic amines) is 1. The fourth-order valence-electron chi connectivity index (χ4n) is 3.74. The highest BCUT2D eigenvalue weighted by Gasteiger charge is 2.28. The Morgan fingerprint density at radius 2 is 1.91 bits per heavy atom. The van der Waals surface area contributed by atoms with Gasteiger partial charge in [-0.15, -0.1) is 5.10 Å². The van der Waals surface area contributed by atoms with Crippen LogP contribution < -0.4 is 5.32 Å². The van der Waals surface area contributed by atoms with Crippen LogP contribution in [-0.2, 0) is 4.74 Å². The van der Waals surface area contributed by atoms with Crippen LogP contribution in [0.3, 0.4) is 0 Å². The number of carbonyl (C=O) groups is 2. The summed E-state index contributed by atoms with van der Waals surface area (Å²) in [6.45, 7) is 6.61. The summed E-state index contributed by atoms with van der Waals surface area (Å²) >= 11 is 0. The van der Waals surface area contributed by atoms with E-state index >= 15 is 0 Å². The second-order valence-electron chi connectivity index (χ2n) is 8.91. The topological polar surface area (TPSA) is 89.4 Å². The van der Waals surface area contributed by atoms with E-state index in [1.165, 1.54) is 12.1 Å². The first-order valence-corrected chi connectivity index (χ1v) is 10.6. The van der Waals surface area contributed by atoms with Gasteiger partial charge in [-0.25, -0.2) is 13.9 Å². The number of hydrogen-bond donors (Lipinski definition) is 1. The van der Waals surface area contributed by atoms with Gasteiger partial charge in [0.25, 0.3) is 5.91 Å². The molecule has 1 saturated heterocycles. The van der Waals surface area contributed by atoms with Crippen molar-refractivity contribution in [1.82, 2.24) is 19.9 Å². The average molecular weight is 439 g/mol. The largest absolute Gasteiger partial charge is 0.444 e. The summed E-state index contributed by atoms with van der Waals surface area (Å²) in [5.74, 6) is -0.790. The van der Waals surface area contributed by atoms with Gasteiger partial charge >= 0.3 is 6.09 Å². The molecule has 4 rings (SSSR count). The summed E-state index contributed by atoms with van der Waals surface area (Å²) in [7, 11) is 0. The molecule has 0 saturated carbocycles. The third-order valence-corrected chi connectivity index (χ3v) is 5.33. The second kappa shape index (κ2) is 8.57.